The Labute approximate surface area is 267 Å². The number of rotatable bonds is 2. The second kappa shape index (κ2) is 9.02. The van der Waals surface area contributed by atoms with Gasteiger partial charge in [-0.1, -0.05) is 60.7 Å². The Bertz CT molecular complexity index is 3060. The number of fused-ring (bicyclic) bond motifs is 16. The van der Waals surface area contributed by atoms with Crippen molar-refractivity contribution in [1.82, 2.24) is 28.5 Å². The van der Waals surface area contributed by atoms with E-state index in [2.05, 4.69) is 129 Å². The average molecular weight is 601 g/mol. The van der Waals surface area contributed by atoms with E-state index in [0.29, 0.717) is 0 Å². The van der Waals surface area contributed by atoms with Crippen molar-refractivity contribution in [2.75, 3.05) is 0 Å². The van der Waals surface area contributed by atoms with Crippen LogP contribution >= 0.6 is 0 Å². The van der Waals surface area contributed by atoms with Gasteiger partial charge in [0, 0.05) is 56.1 Å². The topological polar surface area (TPSA) is 52.9 Å². The van der Waals surface area contributed by atoms with Crippen molar-refractivity contribution in [3.63, 3.8) is 0 Å². The zero-order valence-electron chi connectivity index (χ0n) is 25.0. The van der Waals surface area contributed by atoms with Gasteiger partial charge in [-0.25, -0.2) is 9.97 Å². The second-order valence-electron chi connectivity index (χ2n) is 12.1. The number of imidazole rings is 1. The van der Waals surface area contributed by atoms with E-state index in [1.165, 1.54) is 38.1 Å². The first-order chi connectivity index (χ1) is 23.4. The normalized spacial score (nSPS) is 12.3. The smallest absolute Gasteiger partial charge is 0.165 e. The van der Waals surface area contributed by atoms with Crippen LogP contribution in [0, 0.1) is 0 Å². The largest absolute Gasteiger partial charge is 0.309 e. The molecule has 0 spiro atoms. The van der Waals surface area contributed by atoms with Crippen LogP contribution in [0.1, 0.15) is 0 Å². The number of para-hydroxylation sites is 3. The highest BCUT2D eigenvalue weighted by Gasteiger charge is 2.24. The monoisotopic (exact) mass is 600 g/mol. The number of nitrogens with zero attached hydrogens (tertiary/aromatic N) is 6. The van der Waals surface area contributed by atoms with Crippen LogP contribution in [0.2, 0.25) is 0 Å². The lowest BCUT2D eigenvalue weighted by atomic mass is 10.0. The number of aromatic nitrogens is 6. The number of pyridine rings is 3. The lowest BCUT2D eigenvalue weighted by Crippen LogP contribution is -1.96. The summed E-state index contributed by atoms with van der Waals surface area (Å²) in [4.78, 5) is 14.9. The molecule has 0 aliphatic heterocycles. The van der Waals surface area contributed by atoms with E-state index in [0.717, 1.165) is 55.5 Å². The Balaban J connectivity index is 1.43. The van der Waals surface area contributed by atoms with Gasteiger partial charge in [0.1, 0.15) is 11.2 Å². The standard InChI is InChI=1S/C41H24N6/c1-3-11-25(12-4-1)45-31-17-8-7-15-27(31)36-33(45)21-19-28-35-32(46(39(28)36)26-13-5-2-6-14-26)22-20-29-37(35)38-34(18-10-23-42-38)47-40(29)44-30-16-9-24-43-41(30)47/h1-24H. The summed E-state index contributed by atoms with van der Waals surface area (Å²) in [5, 5.41) is 6.96. The van der Waals surface area contributed by atoms with Crippen molar-refractivity contribution in [3.8, 4) is 11.4 Å². The van der Waals surface area contributed by atoms with Crippen molar-refractivity contribution < 1.29 is 0 Å². The Morgan fingerprint density at radius 2 is 1.06 bits per heavy atom. The minimum absolute atomic E-state index is 0.838. The Morgan fingerprint density at radius 3 is 1.89 bits per heavy atom. The van der Waals surface area contributed by atoms with Gasteiger partial charge in [0.25, 0.3) is 0 Å². The van der Waals surface area contributed by atoms with Crippen molar-refractivity contribution in [3.05, 3.63) is 146 Å². The first-order valence-electron chi connectivity index (χ1n) is 15.8. The minimum atomic E-state index is 0.838. The first-order valence-corrected chi connectivity index (χ1v) is 15.8. The molecule has 0 saturated heterocycles. The molecule has 0 unspecified atom stereocenters. The van der Waals surface area contributed by atoms with Crippen LogP contribution in [0.25, 0.3) is 93.6 Å². The molecule has 11 aromatic rings. The maximum atomic E-state index is 5.14. The third-order valence-corrected chi connectivity index (χ3v) is 9.68. The van der Waals surface area contributed by atoms with Gasteiger partial charge in [0.15, 0.2) is 5.65 Å². The summed E-state index contributed by atoms with van der Waals surface area (Å²) >= 11 is 0. The molecule has 6 nitrogen and oxygen atoms in total. The second-order valence-corrected chi connectivity index (χ2v) is 12.1. The number of hydrogen-bond acceptors (Lipinski definition) is 3. The highest BCUT2D eigenvalue weighted by atomic mass is 15.1. The maximum Gasteiger partial charge on any atom is 0.165 e. The van der Waals surface area contributed by atoms with Crippen LogP contribution in [0.5, 0.6) is 0 Å². The molecule has 6 aromatic heterocycles. The Hall–Kier alpha value is -6.53. The lowest BCUT2D eigenvalue weighted by molar-refractivity contribution is 1.17. The molecule has 0 aliphatic rings. The summed E-state index contributed by atoms with van der Waals surface area (Å²) in [6.07, 6.45) is 3.72. The van der Waals surface area contributed by atoms with Gasteiger partial charge in [0.05, 0.1) is 33.1 Å². The average Bonchev–Trinajstić information content (AvgIpc) is 3.80. The van der Waals surface area contributed by atoms with Crippen LogP contribution in [0.15, 0.2) is 146 Å². The molecule has 218 valence electrons. The third-order valence-electron chi connectivity index (χ3n) is 9.68. The quantitative estimate of drug-likeness (QED) is 0.186. The first kappa shape index (κ1) is 24.8. The Kier molecular flexibility index (Phi) is 4.75. The van der Waals surface area contributed by atoms with Crippen molar-refractivity contribution in [2.24, 2.45) is 0 Å². The molecule has 6 heteroatoms. The molecule has 47 heavy (non-hydrogen) atoms. The summed E-state index contributed by atoms with van der Waals surface area (Å²) in [7, 11) is 0. The maximum absolute atomic E-state index is 5.14. The Morgan fingerprint density at radius 1 is 0.404 bits per heavy atom. The zero-order valence-corrected chi connectivity index (χ0v) is 25.0. The summed E-state index contributed by atoms with van der Waals surface area (Å²) in [5.74, 6) is 0. The van der Waals surface area contributed by atoms with Gasteiger partial charge < -0.3 is 9.13 Å². The molecule has 0 radical (unpaired) electrons. The van der Waals surface area contributed by atoms with Crippen LogP contribution in [0.3, 0.4) is 0 Å². The molecule has 5 aromatic carbocycles. The van der Waals surface area contributed by atoms with E-state index in [-0.39, 0.29) is 0 Å². The highest BCUT2D eigenvalue weighted by molar-refractivity contribution is 6.34. The zero-order chi connectivity index (χ0) is 30.6. The van der Waals surface area contributed by atoms with Gasteiger partial charge in [0.2, 0.25) is 0 Å². The molecule has 0 bridgehead atoms. The van der Waals surface area contributed by atoms with Crippen molar-refractivity contribution in [1.29, 1.82) is 0 Å². The van der Waals surface area contributed by atoms with Crippen LogP contribution in [-0.2, 0) is 0 Å². The fourth-order valence-electron chi connectivity index (χ4n) is 7.87. The molecule has 11 rings (SSSR count). The molecule has 0 N–H and O–H groups in total. The summed E-state index contributed by atoms with van der Waals surface area (Å²) in [6.45, 7) is 0. The molecule has 0 atom stereocenters. The highest BCUT2D eigenvalue weighted by Crippen LogP contribution is 2.45. The number of benzene rings is 5. The van der Waals surface area contributed by atoms with E-state index >= 15 is 0 Å². The van der Waals surface area contributed by atoms with Gasteiger partial charge in [-0.05, 0) is 72.8 Å². The minimum Gasteiger partial charge on any atom is -0.309 e. The summed E-state index contributed by atoms with van der Waals surface area (Å²) < 4.78 is 6.99. The fourth-order valence-corrected chi connectivity index (χ4v) is 7.87. The lowest BCUT2D eigenvalue weighted by Gasteiger charge is -2.11. The van der Waals surface area contributed by atoms with Crippen LogP contribution < -0.4 is 0 Å². The van der Waals surface area contributed by atoms with E-state index < -0.39 is 0 Å². The van der Waals surface area contributed by atoms with E-state index in [1.54, 1.807) is 0 Å². The molecule has 0 fully saturated rings. The van der Waals surface area contributed by atoms with Crippen molar-refractivity contribution >= 4 is 82.2 Å². The number of hydrogen-bond donors (Lipinski definition) is 0. The van der Waals surface area contributed by atoms with Gasteiger partial charge in [-0.3, -0.25) is 9.38 Å². The fraction of sp³-hybridized carbons (Fsp3) is 0. The van der Waals surface area contributed by atoms with E-state index in [9.17, 15) is 0 Å². The van der Waals surface area contributed by atoms with Crippen molar-refractivity contribution in [2.45, 2.75) is 0 Å². The molecule has 0 saturated carbocycles. The molecule has 6 heterocycles. The van der Waals surface area contributed by atoms with E-state index in [4.69, 9.17) is 15.0 Å². The molecular weight excluding hydrogens is 576 g/mol. The van der Waals surface area contributed by atoms with Gasteiger partial charge in [-0.2, -0.15) is 0 Å². The van der Waals surface area contributed by atoms with Crippen LogP contribution in [-0.4, -0.2) is 28.5 Å². The van der Waals surface area contributed by atoms with Gasteiger partial charge in [-0.15, -0.1) is 0 Å². The third kappa shape index (κ3) is 3.16. The molecule has 0 amide bonds. The van der Waals surface area contributed by atoms with E-state index in [1.807, 2.05) is 30.6 Å². The predicted molar refractivity (Wildman–Crippen MR) is 192 cm³/mol. The molecule has 0 aliphatic carbocycles. The SMILES string of the molecule is c1ccc(-n2c3ccccc3c3c2ccc2c4c5c(ccc4n(-c4ccccc4)c23)c2nc3cccnc3n2c2cccnc52)cc1. The molecular formula is C41H24N6. The summed E-state index contributed by atoms with van der Waals surface area (Å²) in [5.41, 5.74) is 11.4. The van der Waals surface area contributed by atoms with Gasteiger partial charge >= 0.3 is 0 Å². The summed E-state index contributed by atoms with van der Waals surface area (Å²) in [6, 6.07) is 47.3. The van der Waals surface area contributed by atoms with Crippen LogP contribution in [0.4, 0.5) is 0 Å². The predicted octanol–water partition coefficient (Wildman–Crippen LogP) is 9.78.